The molecule has 0 aliphatic heterocycles. The number of carbonyl (C=O) groups is 1. The van der Waals surface area contributed by atoms with E-state index >= 15 is 0 Å². The van der Waals surface area contributed by atoms with Gasteiger partial charge in [-0.15, -0.1) is 0 Å². The van der Waals surface area contributed by atoms with Gasteiger partial charge in [0.25, 0.3) is 5.91 Å². The van der Waals surface area contributed by atoms with Gasteiger partial charge in [0.1, 0.15) is 6.10 Å². The number of nitrogen functional groups attached to an aromatic ring is 1. The molecule has 1 aromatic rings. The second-order valence-corrected chi connectivity index (χ2v) is 5.75. The summed E-state index contributed by atoms with van der Waals surface area (Å²) >= 11 is 0. The van der Waals surface area contributed by atoms with E-state index in [4.69, 9.17) is 10.5 Å². The maximum absolute atomic E-state index is 12.1. The lowest BCUT2D eigenvalue weighted by molar-refractivity contribution is -0.131. The highest BCUT2D eigenvalue weighted by Crippen LogP contribution is 2.26. The van der Waals surface area contributed by atoms with Crippen molar-refractivity contribution in [2.75, 3.05) is 11.1 Å². The first kappa shape index (κ1) is 14.9. The molecule has 1 aliphatic carbocycles. The van der Waals surface area contributed by atoms with Crippen LogP contribution in [0.1, 0.15) is 39.5 Å². The topological polar surface area (TPSA) is 64.3 Å². The number of hydrogen-bond donors (Lipinski definition) is 2. The molecule has 3 N–H and O–H groups in total. The molecule has 1 aromatic carbocycles. The minimum absolute atomic E-state index is 0.138. The number of benzene rings is 1. The van der Waals surface area contributed by atoms with Gasteiger partial charge in [-0.1, -0.05) is 31.9 Å². The first-order valence-electron chi connectivity index (χ1n) is 7.37. The summed E-state index contributed by atoms with van der Waals surface area (Å²) in [6.07, 6.45) is 4.30. The van der Waals surface area contributed by atoms with Gasteiger partial charge in [0, 0.05) is 0 Å². The van der Waals surface area contributed by atoms with Crippen molar-refractivity contribution >= 4 is 17.3 Å². The number of ether oxygens (including phenoxy) is 1. The predicted octanol–water partition coefficient (Wildman–Crippen LogP) is 3.19. The van der Waals surface area contributed by atoms with Crippen LogP contribution in [0.2, 0.25) is 0 Å². The number of carbonyl (C=O) groups excluding carboxylic acids is 1. The van der Waals surface area contributed by atoms with Crippen LogP contribution in [-0.2, 0) is 9.53 Å². The van der Waals surface area contributed by atoms with Crippen LogP contribution in [-0.4, -0.2) is 18.1 Å². The Kier molecular flexibility index (Phi) is 5.01. The standard InChI is InChI=1S/C16H24N2O2/c1-11-6-5-7-13(10-11)20-12(2)16(19)18-15-9-4-3-8-14(15)17/h3-4,8-9,11-13H,5-7,10,17H2,1-2H3,(H,18,19). The maximum Gasteiger partial charge on any atom is 0.253 e. The first-order valence-corrected chi connectivity index (χ1v) is 7.37. The van der Waals surface area contributed by atoms with Crippen molar-refractivity contribution in [3.63, 3.8) is 0 Å². The van der Waals surface area contributed by atoms with E-state index in [0.29, 0.717) is 17.3 Å². The average Bonchev–Trinajstić information content (AvgIpc) is 2.41. The Labute approximate surface area is 120 Å². The summed E-state index contributed by atoms with van der Waals surface area (Å²) in [5.41, 5.74) is 7.03. The Hall–Kier alpha value is -1.55. The van der Waals surface area contributed by atoms with E-state index in [-0.39, 0.29) is 12.0 Å². The van der Waals surface area contributed by atoms with Gasteiger partial charge in [-0.05, 0) is 37.8 Å². The van der Waals surface area contributed by atoms with E-state index in [1.54, 1.807) is 19.1 Å². The molecule has 0 spiro atoms. The zero-order valence-corrected chi connectivity index (χ0v) is 12.3. The zero-order valence-electron chi connectivity index (χ0n) is 12.3. The second-order valence-electron chi connectivity index (χ2n) is 5.75. The van der Waals surface area contributed by atoms with Crippen molar-refractivity contribution in [2.24, 2.45) is 5.92 Å². The first-order chi connectivity index (χ1) is 9.56. The van der Waals surface area contributed by atoms with Crippen molar-refractivity contribution in [1.29, 1.82) is 0 Å². The van der Waals surface area contributed by atoms with Crippen LogP contribution in [0.4, 0.5) is 11.4 Å². The van der Waals surface area contributed by atoms with Crippen molar-refractivity contribution in [3.05, 3.63) is 24.3 Å². The molecule has 1 saturated carbocycles. The number of para-hydroxylation sites is 2. The molecule has 0 radical (unpaired) electrons. The van der Waals surface area contributed by atoms with Crippen molar-refractivity contribution in [3.8, 4) is 0 Å². The molecule has 20 heavy (non-hydrogen) atoms. The molecular formula is C16H24N2O2. The highest BCUT2D eigenvalue weighted by molar-refractivity contribution is 5.96. The second kappa shape index (κ2) is 6.75. The van der Waals surface area contributed by atoms with Crippen LogP contribution in [0.5, 0.6) is 0 Å². The Morgan fingerprint density at radius 3 is 2.85 bits per heavy atom. The van der Waals surface area contributed by atoms with E-state index in [1.165, 1.54) is 12.8 Å². The third-order valence-electron chi connectivity index (χ3n) is 3.87. The molecule has 3 unspecified atom stereocenters. The lowest BCUT2D eigenvalue weighted by atomic mass is 9.88. The fourth-order valence-corrected chi connectivity index (χ4v) is 2.70. The van der Waals surface area contributed by atoms with Crippen LogP contribution < -0.4 is 11.1 Å². The molecule has 4 heteroatoms. The number of amides is 1. The zero-order chi connectivity index (χ0) is 14.5. The highest BCUT2D eigenvalue weighted by Gasteiger charge is 2.24. The molecule has 3 atom stereocenters. The molecule has 0 saturated heterocycles. The van der Waals surface area contributed by atoms with Gasteiger partial charge in [0.05, 0.1) is 17.5 Å². The normalized spacial score (nSPS) is 24.1. The minimum atomic E-state index is -0.454. The van der Waals surface area contributed by atoms with E-state index in [0.717, 1.165) is 12.8 Å². The SMILES string of the molecule is CC1CCCC(OC(C)C(=O)Nc2ccccc2N)C1. The van der Waals surface area contributed by atoms with Crippen molar-refractivity contribution in [1.82, 2.24) is 0 Å². The average molecular weight is 276 g/mol. The number of anilines is 2. The van der Waals surface area contributed by atoms with Gasteiger partial charge in [0.15, 0.2) is 0 Å². The lowest BCUT2D eigenvalue weighted by Crippen LogP contribution is -2.33. The summed E-state index contributed by atoms with van der Waals surface area (Å²) in [6.45, 7) is 4.04. The van der Waals surface area contributed by atoms with Gasteiger partial charge in [-0.25, -0.2) is 0 Å². The van der Waals surface area contributed by atoms with Crippen LogP contribution >= 0.6 is 0 Å². The van der Waals surface area contributed by atoms with E-state index in [9.17, 15) is 4.79 Å². The molecule has 1 aliphatic rings. The largest absolute Gasteiger partial charge is 0.397 e. The van der Waals surface area contributed by atoms with E-state index in [1.807, 2.05) is 12.1 Å². The lowest BCUT2D eigenvalue weighted by Gasteiger charge is -2.29. The molecule has 4 nitrogen and oxygen atoms in total. The monoisotopic (exact) mass is 276 g/mol. The fourth-order valence-electron chi connectivity index (χ4n) is 2.70. The molecule has 110 valence electrons. The number of rotatable bonds is 4. The molecular weight excluding hydrogens is 252 g/mol. The Morgan fingerprint density at radius 2 is 2.15 bits per heavy atom. The molecule has 1 amide bonds. The molecule has 1 fully saturated rings. The summed E-state index contributed by atoms with van der Waals surface area (Å²) in [4.78, 5) is 12.1. The molecule has 0 bridgehead atoms. The van der Waals surface area contributed by atoms with Crippen LogP contribution in [0.25, 0.3) is 0 Å². The number of nitrogens with one attached hydrogen (secondary N) is 1. The summed E-state index contributed by atoms with van der Waals surface area (Å²) in [5, 5.41) is 2.82. The predicted molar refractivity (Wildman–Crippen MR) is 81.5 cm³/mol. The van der Waals surface area contributed by atoms with Crippen molar-refractivity contribution in [2.45, 2.75) is 51.7 Å². The Balaban J connectivity index is 1.87. The molecule has 0 aromatic heterocycles. The number of hydrogen-bond acceptors (Lipinski definition) is 3. The van der Waals surface area contributed by atoms with Crippen molar-refractivity contribution < 1.29 is 9.53 Å². The van der Waals surface area contributed by atoms with Gasteiger partial charge >= 0.3 is 0 Å². The Bertz CT molecular complexity index is 462. The quantitative estimate of drug-likeness (QED) is 0.830. The third-order valence-corrected chi connectivity index (χ3v) is 3.87. The smallest absolute Gasteiger partial charge is 0.253 e. The highest BCUT2D eigenvalue weighted by atomic mass is 16.5. The number of nitrogens with two attached hydrogens (primary N) is 1. The van der Waals surface area contributed by atoms with Gasteiger partial charge in [-0.2, -0.15) is 0 Å². The van der Waals surface area contributed by atoms with Crippen LogP contribution in [0.15, 0.2) is 24.3 Å². The maximum atomic E-state index is 12.1. The van der Waals surface area contributed by atoms with Gasteiger partial charge in [0.2, 0.25) is 0 Å². The molecule has 0 heterocycles. The van der Waals surface area contributed by atoms with E-state index < -0.39 is 6.10 Å². The van der Waals surface area contributed by atoms with Gasteiger partial charge in [-0.3, -0.25) is 4.79 Å². The summed E-state index contributed by atoms with van der Waals surface area (Å²) in [6, 6.07) is 7.25. The fraction of sp³-hybridized carbons (Fsp3) is 0.562. The molecule has 2 rings (SSSR count). The van der Waals surface area contributed by atoms with Crippen LogP contribution in [0, 0.1) is 5.92 Å². The summed E-state index contributed by atoms with van der Waals surface area (Å²) < 4.78 is 5.88. The van der Waals surface area contributed by atoms with E-state index in [2.05, 4.69) is 12.2 Å². The minimum Gasteiger partial charge on any atom is -0.397 e. The van der Waals surface area contributed by atoms with Gasteiger partial charge < -0.3 is 15.8 Å². The van der Waals surface area contributed by atoms with Crippen LogP contribution in [0.3, 0.4) is 0 Å². The Morgan fingerprint density at radius 1 is 1.40 bits per heavy atom. The third kappa shape index (κ3) is 3.97. The summed E-state index contributed by atoms with van der Waals surface area (Å²) in [5.74, 6) is 0.551. The summed E-state index contributed by atoms with van der Waals surface area (Å²) in [7, 11) is 0.